The van der Waals surface area contributed by atoms with Gasteiger partial charge in [-0.15, -0.1) is 11.3 Å². The van der Waals surface area contributed by atoms with Gasteiger partial charge in [0.1, 0.15) is 23.2 Å². The highest BCUT2D eigenvalue weighted by Crippen LogP contribution is 2.39. The van der Waals surface area contributed by atoms with Crippen LogP contribution >= 0.6 is 11.3 Å². The highest BCUT2D eigenvalue weighted by atomic mass is 32.1. The molecule has 0 saturated carbocycles. The molecule has 0 spiro atoms. The number of hydrogen-bond acceptors (Lipinski definition) is 6. The van der Waals surface area contributed by atoms with Crippen LogP contribution in [0.3, 0.4) is 0 Å². The van der Waals surface area contributed by atoms with Crippen LogP contribution in [0.5, 0.6) is 5.75 Å². The van der Waals surface area contributed by atoms with Crippen molar-refractivity contribution >= 4 is 33.5 Å². The zero-order valence-electron chi connectivity index (χ0n) is 18.3. The predicted molar refractivity (Wildman–Crippen MR) is 134 cm³/mol. The van der Waals surface area contributed by atoms with Gasteiger partial charge in [0.05, 0.1) is 16.9 Å². The molecule has 2 aliphatic rings. The van der Waals surface area contributed by atoms with Gasteiger partial charge in [0.2, 0.25) is 0 Å². The molecular formula is C26H28N4OS. The first-order valence-electron chi connectivity index (χ1n) is 11.1. The fraction of sp³-hybridized carbons (Fsp3) is 0.269. The Labute approximate surface area is 193 Å². The number of aryl methyl sites for hydroxylation is 1. The number of rotatable bonds is 5. The maximum Gasteiger partial charge on any atom is 0.139 e. The van der Waals surface area contributed by atoms with Crippen molar-refractivity contribution in [3.63, 3.8) is 0 Å². The van der Waals surface area contributed by atoms with Crippen molar-refractivity contribution in [1.29, 1.82) is 0 Å². The topological polar surface area (TPSA) is 48.9 Å². The minimum absolute atomic E-state index is 0.362. The van der Waals surface area contributed by atoms with Crippen LogP contribution in [-0.2, 0) is 6.42 Å². The molecule has 32 heavy (non-hydrogen) atoms. The van der Waals surface area contributed by atoms with E-state index in [4.69, 9.17) is 9.73 Å². The summed E-state index contributed by atoms with van der Waals surface area (Å²) in [6.45, 7) is 9.20. The molecule has 2 N–H and O–H groups in total. The van der Waals surface area contributed by atoms with Crippen LogP contribution < -0.4 is 15.4 Å². The molecule has 0 aliphatic carbocycles. The zero-order chi connectivity index (χ0) is 21.9. The van der Waals surface area contributed by atoms with Gasteiger partial charge in [0.15, 0.2) is 0 Å². The molecule has 2 aromatic carbocycles. The summed E-state index contributed by atoms with van der Waals surface area (Å²) in [6.07, 6.45) is 2.73. The van der Waals surface area contributed by atoms with E-state index in [1.807, 2.05) is 12.1 Å². The van der Waals surface area contributed by atoms with Crippen molar-refractivity contribution < 1.29 is 4.74 Å². The Bertz CT molecular complexity index is 1130. The van der Waals surface area contributed by atoms with E-state index in [0.717, 1.165) is 49.0 Å². The van der Waals surface area contributed by atoms with E-state index in [1.165, 1.54) is 21.0 Å². The molecule has 0 unspecified atom stereocenters. The van der Waals surface area contributed by atoms with Gasteiger partial charge in [0, 0.05) is 30.6 Å². The lowest BCUT2D eigenvalue weighted by atomic mass is 10.0. The lowest BCUT2D eigenvalue weighted by Gasteiger charge is -2.36. The van der Waals surface area contributed by atoms with Crippen LogP contribution in [0.15, 0.2) is 72.2 Å². The van der Waals surface area contributed by atoms with Crippen molar-refractivity contribution in [2.75, 3.05) is 31.6 Å². The normalized spacial score (nSPS) is 17.5. The molecule has 0 bridgehead atoms. The quantitative estimate of drug-likeness (QED) is 0.526. The van der Waals surface area contributed by atoms with Crippen LogP contribution in [0.25, 0.3) is 0 Å². The summed E-state index contributed by atoms with van der Waals surface area (Å²) in [7, 11) is 0. The SMILES string of the molecule is C=CCOc1ccc(C[C@H]2CN(C3=Nc4ccccc4Nc4sc(C)cc43)CCN2)cc1. The van der Waals surface area contributed by atoms with Gasteiger partial charge < -0.3 is 20.3 Å². The highest BCUT2D eigenvalue weighted by molar-refractivity contribution is 7.16. The van der Waals surface area contributed by atoms with Gasteiger partial charge in [-0.2, -0.15) is 0 Å². The van der Waals surface area contributed by atoms with E-state index in [2.05, 4.69) is 71.5 Å². The van der Waals surface area contributed by atoms with Crippen LogP contribution in [0, 0.1) is 6.92 Å². The summed E-state index contributed by atoms with van der Waals surface area (Å²) in [4.78, 5) is 8.87. The number of thiophene rings is 1. The minimum Gasteiger partial charge on any atom is -0.490 e. The molecule has 0 radical (unpaired) electrons. The number of piperazine rings is 1. The minimum atomic E-state index is 0.362. The lowest BCUT2D eigenvalue weighted by Crippen LogP contribution is -2.53. The number of anilines is 2. The fourth-order valence-electron chi connectivity index (χ4n) is 4.30. The molecule has 1 fully saturated rings. The van der Waals surface area contributed by atoms with Crippen LogP contribution in [0.4, 0.5) is 16.4 Å². The number of para-hydroxylation sites is 2. The summed E-state index contributed by atoms with van der Waals surface area (Å²) < 4.78 is 5.61. The van der Waals surface area contributed by atoms with Crippen molar-refractivity contribution in [3.8, 4) is 5.75 Å². The molecule has 0 amide bonds. The third kappa shape index (κ3) is 4.42. The number of hydrogen-bond donors (Lipinski definition) is 2. The Morgan fingerprint density at radius 2 is 2.06 bits per heavy atom. The van der Waals surface area contributed by atoms with Crippen molar-refractivity contribution in [3.05, 3.63) is 83.3 Å². The van der Waals surface area contributed by atoms with E-state index in [9.17, 15) is 0 Å². The van der Waals surface area contributed by atoms with Crippen molar-refractivity contribution in [2.45, 2.75) is 19.4 Å². The Morgan fingerprint density at radius 3 is 2.91 bits per heavy atom. The first-order valence-corrected chi connectivity index (χ1v) is 11.9. The summed E-state index contributed by atoms with van der Waals surface area (Å²) in [5.74, 6) is 1.95. The Hall–Kier alpha value is -3.09. The van der Waals surface area contributed by atoms with Gasteiger partial charge >= 0.3 is 0 Å². The largest absolute Gasteiger partial charge is 0.490 e. The second-order valence-electron chi connectivity index (χ2n) is 8.22. The molecule has 2 aliphatic heterocycles. The van der Waals surface area contributed by atoms with E-state index in [1.54, 1.807) is 17.4 Å². The Balaban J connectivity index is 1.36. The zero-order valence-corrected chi connectivity index (χ0v) is 19.1. The standard InChI is InChI=1S/C26H28N4OS/c1-3-14-31-21-10-8-19(9-11-21)16-20-17-30(13-12-27-20)25-22-15-18(2)32-26(22)29-24-7-5-4-6-23(24)28-25/h3-11,15,20,27,29H,1,12-14,16-17H2,2H3/t20-/m0/s1. The average molecular weight is 445 g/mol. The first kappa shape index (κ1) is 20.8. The van der Waals surface area contributed by atoms with Crippen LogP contribution in [0.1, 0.15) is 16.0 Å². The maximum atomic E-state index is 5.61. The van der Waals surface area contributed by atoms with Crippen LogP contribution in [-0.4, -0.2) is 43.0 Å². The number of fused-ring (bicyclic) bond motifs is 2. The average Bonchev–Trinajstić information content (AvgIpc) is 3.10. The monoisotopic (exact) mass is 444 g/mol. The summed E-state index contributed by atoms with van der Waals surface area (Å²) in [5, 5.41) is 8.48. The number of nitrogens with zero attached hydrogens (tertiary/aromatic N) is 2. The smallest absolute Gasteiger partial charge is 0.139 e. The molecule has 1 atom stereocenters. The maximum absolute atomic E-state index is 5.61. The third-order valence-corrected chi connectivity index (χ3v) is 6.77. The van der Waals surface area contributed by atoms with Gasteiger partial charge in [0.25, 0.3) is 0 Å². The van der Waals surface area contributed by atoms with Crippen molar-refractivity contribution in [1.82, 2.24) is 10.2 Å². The second kappa shape index (κ2) is 9.18. The van der Waals surface area contributed by atoms with Crippen LogP contribution in [0.2, 0.25) is 0 Å². The third-order valence-electron chi connectivity index (χ3n) is 5.80. The number of benzene rings is 2. The fourth-order valence-corrected chi connectivity index (χ4v) is 5.22. The molecule has 1 saturated heterocycles. The van der Waals surface area contributed by atoms with E-state index in [-0.39, 0.29) is 0 Å². The molecule has 3 aromatic rings. The highest BCUT2D eigenvalue weighted by Gasteiger charge is 2.27. The van der Waals surface area contributed by atoms with Gasteiger partial charge in [-0.3, -0.25) is 0 Å². The summed E-state index contributed by atoms with van der Waals surface area (Å²) in [6, 6.07) is 19.3. The van der Waals surface area contributed by atoms with Gasteiger partial charge in [-0.25, -0.2) is 4.99 Å². The van der Waals surface area contributed by atoms with Gasteiger partial charge in [-0.05, 0) is 49.2 Å². The number of nitrogens with one attached hydrogen (secondary N) is 2. The Morgan fingerprint density at radius 1 is 1.22 bits per heavy atom. The number of amidine groups is 1. The molecule has 3 heterocycles. The van der Waals surface area contributed by atoms with E-state index < -0.39 is 0 Å². The van der Waals surface area contributed by atoms with Gasteiger partial charge in [-0.1, -0.05) is 36.9 Å². The number of ether oxygens (including phenoxy) is 1. The summed E-state index contributed by atoms with van der Waals surface area (Å²) in [5.41, 5.74) is 4.56. The van der Waals surface area contributed by atoms with Crippen molar-refractivity contribution in [2.24, 2.45) is 4.99 Å². The molecule has 5 nitrogen and oxygen atoms in total. The molecule has 5 rings (SSSR count). The molecule has 164 valence electrons. The predicted octanol–water partition coefficient (Wildman–Crippen LogP) is 5.27. The molecule has 6 heteroatoms. The lowest BCUT2D eigenvalue weighted by molar-refractivity contribution is 0.290. The Kier molecular flexibility index (Phi) is 5.97. The molecular weight excluding hydrogens is 416 g/mol. The van der Waals surface area contributed by atoms with E-state index >= 15 is 0 Å². The summed E-state index contributed by atoms with van der Waals surface area (Å²) >= 11 is 1.79. The second-order valence-corrected chi connectivity index (χ2v) is 9.48. The van der Waals surface area contributed by atoms with E-state index in [0.29, 0.717) is 12.6 Å². The molecule has 1 aromatic heterocycles. The number of aliphatic imine (C=N–C) groups is 1. The first-order chi connectivity index (χ1) is 15.7.